The van der Waals surface area contributed by atoms with Crippen LogP contribution in [0.25, 0.3) is 11.1 Å². The zero-order valence-corrected chi connectivity index (χ0v) is 16.9. The van der Waals surface area contributed by atoms with Crippen molar-refractivity contribution < 1.29 is 23.6 Å². The Morgan fingerprint density at radius 1 is 1.20 bits per heavy atom. The van der Waals surface area contributed by atoms with Crippen LogP contribution >= 0.6 is 0 Å². The molecule has 2 aromatic heterocycles. The van der Waals surface area contributed by atoms with Gasteiger partial charge in [0.2, 0.25) is 11.6 Å². The standard InChI is InChI=1S/C20H22N4O6/c1-4-13(17(25)22-12-9-7-8-10-14(12)28-5-2)24-11-21-18-15(19(24)26)16(23-30-18)20(27)29-6-3/h7-11,13H,4-6H2,1-3H3,(H,22,25)/t13-/m0/s1. The molecule has 0 aliphatic heterocycles. The van der Waals surface area contributed by atoms with E-state index in [0.29, 0.717) is 24.5 Å². The van der Waals surface area contributed by atoms with Crippen molar-refractivity contribution in [2.24, 2.45) is 0 Å². The van der Waals surface area contributed by atoms with Crippen LogP contribution in [0.5, 0.6) is 5.75 Å². The maximum Gasteiger partial charge on any atom is 0.361 e. The summed E-state index contributed by atoms with van der Waals surface area (Å²) in [6.45, 7) is 5.78. The molecule has 1 aromatic carbocycles. The van der Waals surface area contributed by atoms with E-state index >= 15 is 0 Å². The Morgan fingerprint density at radius 2 is 1.97 bits per heavy atom. The van der Waals surface area contributed by atoms with E-state index in [1.54, 1.807) is 38.1 Å². The van der Waals surface area contributed by atoms with Crippen molar-refractivity contribution >= 4 is 28.7 Å². The number of nitrogens with one attached hydrogen (secondary N) is 1. The Bertz CT molecular complexity index is 1120. The van der Waals surface area contributed by atoms with E-state index in [4.69, 9.17) is 14.0 Å². The van der Waals surface area contributed by atoms with Crippen LogP contribution in [-0.2, 0) is 9.53 Å². The number of esters is 1. The number of anilines is 1. The minimum Gasteiger partial charge on any atom is -0.492 e. The number of carbonyl (C=O) groups is 2. The maximum atomic E-state index is 13.1. The van der Waals surface area contributed by atoms with Crippen LogP contribution in [0.15, 0.2) is 39.9 Å². The fraction of sp³-hybridized carbons (Fsp3) is 0.350. The summed E-state index contributed by atoms with van der Waals surface area (Å²) < 4.78 is 16.6. The number of para-hydroxylation sites is 2. The normalized spacial score (nSPS) is 11.8. The van der Waals surface area contributed by atoms with Crippen LogP contribution in [-0.4, -0.2) is 39.8 Å². The van der Waals surface area contributed by atoms with Crippen molar-refractivity contribution in [3.63, 3.8) is 0 Å². The van der Waals surface area contributed by atoms with Crippen LogP contribution in [0.2, 0.25) is 0 Å². The smallest absolute Gasteiger partial charge is 0.361 e. The quantitative estimate of drug-likeness (QED) is 0.558. The number of fused-ring (bicyclic) bond motifs is 1. The lowest BCUT2D eigenvalue weighted by molar-refractivity contribution is -0.119. The van der Waals surface area contributed by atoms with Gasteiger partial charge in [0.1, 0.15) is 23.5 Å². The molecule has 158 valence electrons. The average molecular weight is 414 g/mol. The molecule has 0 saturated heterocycles. The molecule has 30 heavy (non-hydrogen) atoms. The van der Waals surface area contributed by atoms with Gasteiger partial charge in [0.25, 0.3) is 11.3 Å². The number of ether oxygens (including phenoxy) is 2. The number of benzene rings is 1. The van der Waals surface area contributed by atoms with E-state index in [1.165, 1.54) is 6.33 Å². The fourth-order valence-corrected chi connectivity index (χ4v) is 3.00. The third kappa shape index (κ3) is 4.02. The second kappa shape index (κ2) is 9.21. The molecule has 1 N–H and O–H groups in total. The van der Waals surface area contributed by atoms with Gasteiger partial charge in [-0.1, -0.05) is 24.2 Å². The monoisotopic (exact) mass is 414 g/mol. The van der Waals surface area contributed by atoms with E-state index in [2.05, 4.69) is 15.5 Å². The summed E-state index contributed by atoms with van der Waals surface area (Å²) in [6, 6.07) is 6.13. The minimum atomic E-state index is -0.881. The molecular weight excluding hydrogens is 392 g/mol. The third-order valence-electron chi connectivity index (χ3n) is 4.36. The zero-order chi connectivity index (χ0) is 21.7. The molecule has 3 aromatic rings. The first kappa shape index (κ1) is 21.0. The van der Waals surface area contributed by atoms with Crippen LogP contribution < -0.4 is 15.6 Å². The van der Waals surface area contributed by atoms with Gasteiger partial charge in [0.05, 0.1) is 18.9 Å². The second-order valence-electron chi connectivity index (χ2n) is 6.23. The van der Waals surface area contributed by atoms with Gasteiger partial charge < -0.3 is 19.3 Å². The van der Waals surface area contributed by atoms with Crippen LogP contribution in [0.3, 0.4) is 0 Å². The molecule has 10 nitrogen and oxygen atoms in total. The van der Waals surface area contributed by atoms with E-state index < -0.39 is 23.5 Å². The van der Waals surface area contributed by atoms with E-state index in [9.17, 15) is 14.4 Å². The van der Waals surface area contributed by atoms with Crippen LogP contribution in [0.1, 0.15) is 43.7 Å². The molecular formula is C20H22N4O6. The molecule has 10 heteroatoms. The number of amides is 1. The van der Waals surface area contributed by atoms with Gasteiger partial charge in [-0.2, -0.15) is 0 Å². The summed E-state index contributed by atoms with van der Waals surface area (Å²) in [6.07, 6.45) is 1.50. The first-order valence-corrected chi connectivity index (χ1v) is 9.58. The highest BCUT2D eigenvalue weighted by molar-refractivity contribution is 6.00. The second-order valence-corrected chi connectivity index (χ2v) is 6.23. The van der Waals surface area contributed by atoms with Gasteiger partial charge >= 0.3 is 5.97 Å². The Labute approximate surface area is 171 Å². The molecule has 0 unspecified atom stereocenters. The Balaban J connectivity index is 1.98. The number of rotatable bonds is 8. The average Bonchev–Trinajstić information content (AvgIpc) is 3.17. The molecule has 1 atom stereocenters. The molecule has 0 aliphatic rings. The van der Waals surface area contributed by atoms with E-state index in [1.807, 2.05) is 6.92 Å². The van der Waals surface area contributed by atoms with Crippen molar-refractivity contribution in [3.8, 4) is 5.75 Å². The summed E-state index contributed by atoms with van der Waals surface area (Å²) in [7, 11) is 0. The molecule has 3 rings (SSSR count). The Hall–Kier alpha value is -3.69. The highest BCUT2D eigenvalue weighted by Crippen LogP contribution is 2.25. The van der Waals surface area contributed by atoms with Gasteiger partial charge in [-0.25, -0.2) is 9.78 Å². The lowest BCUT2D eigenvalue weighted by Crippen LogP contribution is -2.33. The summed E-state index contributed by atoms with van der Waals surface area (Å²) in [5.41, 5.74) is -0.501. The number of nitrogens with zero attached hydrogens (tertiary/aromatic N) is 3. The fourth-order valence-electron chi connectivity index (χ4n) is 3.00. The molecule has 0 aliphatic carbocycles. The van der Waals surface area contributed by atoms with Crippen molar-refractivity contribution in [1.29, 1.82) is 0 Å². The number of aromatic nitrogens is 3. The predicted molar refractivity (Wildman–Crippen MR) is 108 cm³/mol. The predicted octanol–water partition coefficient (Wildman–Crippen LogP) is 2.55. The molecule has 2 heterocycles. The first-order chi connectivity index (χ1) is 14.5. The lowest BCUT2D eigenvalue weighted by atomic mass is 10.2. The SMILES string of the molecule is CCOC(=O)c1noc2ncn([C@@H](CC)C(=O)Nc3ccccc3OCC)c(=O)c12. The molecule has 0 saturated carbocycles. The van der Waals surface area contributed by atoms with Gasteiger partial charge in [-0.15, -0.1) is 0 Å². The highest BCUT2D eigenvalue weighted by Gasteiger charge is 2.27. The zero-order valence-electron chi connectivity index (χ0n) is 16.9. The minimum absolute atomic E-state index is 0.101. The van der Waals surface area contributed by atoms with Crippen LogP contribution in [0.4, 0.5) is 5.69 Å². The Morgan fingerprint density at radius 3 is 2.67 bits per heavy atom. The largest absolute Gasteiger partial charge is 0.492 e. The van der Waals surface area contributed by atoms with E-state index in [-0.39, 0.29) is 23.4 Å². The van der Waals surface area contributed by atoms with Gasteiger partial charge in [-0.3, -0.25) is 14.2 Å². The van der Waals surface area contributed by atoms with Gasteiger partial charge in [0, 0.05) is 0 Å². The lowest BCUT2D eigenvalue weighted by Gasteiger charge is -2.18. The molecule has 1 amide bonds. The van der Waals surface area contributed by atoms with Crippen molar-refractivity contribution in [2.75, 3.05) is 18.5 Å². The molecule has 0 radical (unpaired) electrons. The number of hydrogen-bond donors (Lipinski definition) is 1. The first-order valence-electron chi connectivity index (χ1n) is 9.58. The van der Waals surface area contributed by atoms with Crippen molar-refractivity contribution in [2.45, 2.75) is 33.2 Å². The van der Waals surface area contributed by atoms with Gasteiger partial charge in [0.15, 0.2) is 0 Å². The van der Waals surface area contributed by atoms with Crippen LogP contribution in [0, 0.1) is 0 Å². The summed E-state index contributed by atoms with van der Waals surface area (Å²) in [4.78, 5) is 42.1. The number of hydrogen-bond acceptors (Lipinski definition) is 8. The molecule has 0 bridgehead atoms. The Kier molecular flexibility index (Phi) is 6.45. The highest BCUT2D eigenvalue weighted by atomic mass is 16.5. The summed E-state index contributed by atoms with van der Waals surface area (Å²) in [5.74, 6) is -0.703. The summed E-state index contributed by atoms with van der Waals surface area (Å²) in [5, 5.41) is 6.26. The van der Waals surface area contributed by atoms with Gasteiger partial charge in [-0.05, 0) is 32.4 Å². The maximum absolute atomic E-state index is 13.1. The molecule has 0 spiro atoms. The summed E-state index contributed by atoms with van der Waals surface area (Å²) >= 11 is 0. The third-order valence-corrected chi connectivity index (χ3v) is 4.36. The topological polar surface area (TPSA) is 126 Å². The van der Waals surface area contributed by atoms with E-state index in [0.717, 1.165) is 4.57 Å². The number of carbonyl (C=O) groups excluding carboxylic acids is 2. The van der Waals surface area contributed by atoms with Crippen molar-refractivity contribution in [1.82, 2.24) is 14.7 Å². The molecule has 0 fully saturated rings. The van der Waals surface area contributed by atoms with Crippen molar-refractivity contribution in [3.05, 3.63) is 46.6 Å².